The molecular formula is C12H17FN2O4S. The van der Waals surface area contributed by atoms with Crippen LogP contribution in [0.25, 0.3) is 0 Å². The summed E-state index contributed by atoms with van der Waals surface area (Å²) in [6.45, 7) is 3.28. The molecule has 1 heterocycles. The number of aromatic nitrogens is 1. The van der Waals surface area contributed by atoms with Gasteiger partial charge in [0.25, 0.3) is 10.0 Å². The van der Waals surface area contributed by atoms with E-state index in [4.69, 9.17) is 5.11 Å². The molecule has 0 bridgehead atoms. The summed E-state index contributed by atoms with van der Waals surface area (Å²) in [5.41, 5.74) is 0. The SMILES string of the molecule is CC(C)N(CCCC(=O)O)S(=O)(=O)c1ncccc1F. The zero-order chi connectivity index (χ0) is 15.3. The summed E-state index contributed by atoms with van der Waals surface area (Å²) in [7, 11) is -4.07. The van der Waals surface area contributed by atoms with Gasteiger partial charge in [-0.25, -0.2) is 17.8 Å². The molecule has 8 heteroatoms. The number of rotatable bonds is 7. The molecule has 0 aromatic carbocycles. The minimum Gasteiger partial charge on any atom is -0.481 e. The Hall–Kier alpha value is -1.54. The molecule has 1 aromatic rings. The van der Waals surface area contributed by atoms with Crippen molar-refractivity contribution in [3.8, 4) is 0 Å². The van der Waals surface area contributed by atoms with E-state index in [-0.39, 0.29) is 19.4 Å². The summed E-state index contributed by atoms with van der Waals surface area (Å²) in [5.74, 6) is -1.92. The van der Waals surface area contributed by atoms with Crippen molar-refractivity contribution in [2.75, 3.05) is 6.54 Å². The quantitative estimate of drug-likeness (QED) is 0.824. The molecule has 0 spiro atoms. The summed E-state index contributed by atoms with van der Waals surface area (Å²) in [5, 5.41) is 7.95. The van der Waals surface area contributed by atoms with Gasteiger partial charge in [-0.05, 0) is 32.4 Å². The molecule has 0 unspecified atom stereocenters. The highest BCUT2D eigenvalue weighted by Crippen LogP contribution is 2.19. The van der Waals surface area contributed by atoms with Gasteiger partial charge in [-0.1, -0.05) is 0 Å². The van der Waals surface area contributed by atoms with Gasteiger partial charge in [-0.3, -0.25) is 4.79 Å². The minimum absolute atomic E-state index is 0.00230. The number of carbonyl (C=O) groups is 1. The first-order chi connectivity index (χ1) is 9.26. The van der Waals surface area contributed by atoms with E-state index in [9.17, 15) is 17.6 Å². The van der Waals surface area contributed by atoms with Gasteiger partial charge in [0.15, 0.2) is 5.82 Å². The third kappa shape index (κ3) is 3.97. The van der Waals surface area contributed by atoms with Crippen LogP contribution in [-0.4, -0.2) is 41.4 Å². The topological polar surface area (TPSA) is 87.6 Å². The Bertz CT molecular complexity index is 575. The molecule has 0 aliphatic carbocycles. The van der Waals surface area contributed by atoms with Gasteiger partial charge in [0, 0.05) is 25.2 Å². The summed E-state index contributed by atoms with van der Waals surface area (Å²) < 4.78 is 39.3. The van der Waals surface area contributed by atoms with E-state index in [0.717, 1.165) is 10.4 Å². The third-order valence-electron chi connectivity index (χ3n) is 2.62. The van der Waals surface area contributed by atoms with E-state index >= 15 is 0 Å². The molecule has 0 radical (unpaired) electrons. The number of hydrogen-bond acceptors (Lipinski definition) is 4. The zero-order valence-electron chi connectivity index (χ0n) is 11.3. The maximum Gasteiger partial charge on any atom is 0.303 e. The van der Waals surface area contributed by atoms with Crippen molar-refractivity contribution in [2.24, 2.45) is 0 Å². The lowest BCUT2D eigenvalue weighted by atomic mass is 10.3. The van der Waals surface area contributed by atoms with Crippen LogP contribution < -0.4 is 0 Å². The van der Waals surface area contributed by atoms with Gasteiger partial charge in [0.1, 0.15) is 0 Å². The Balaban J connectivity index is 3.01. The summed E-state index contributed by atoms with van der Waals surface area (Å²) in [6.07, 6.45) is 1.20. The Morgan fingerprint density at radius 3 is 2.65 bits per heavy atom. The maximum absolute atomic E-state index is 13.6. The first-order valence-electron chi connectivity index (χ1n) is 6.11. The maximum atomic E-state index is 13.6. The van der Waals surface area contributed by atoms with Crippen LogP contribution in [0.4, 0.5) is 4.39 Å². The predicted octanol–water partition coefficient (Wildman–Crippen LogP) is 1.48. The van der Waals surface area contributed by atoms with E-state index in [1.165, 1.54) is 12.3 Å². The second-order valence-electron chi connectivity index (χ2n) is 4.50. The molecular weight excluding hydrogens is 287 g/mol. The van der Waals surface area contributed by atoms with Crippen LogP contribution in [-0.2, 0) is 14.8 Å². The van der Waals surface area contributed by atoms with Crippen molar-refractivity contribution in [3.63, 3.8) is 0 Å². The van der Waals surface area contributed by atoms with Crippen molar-refractivity contribution in [1.29, 1.82) is 0 Å². The lowest BCUT2D eigenvalue weighted by Crippen LogP contribution is -2.38. The number of sulfonamides is 1. The van der Waals surface area contributed by atoms with Gasteiger partial charge in [0.05, 0.1) is 0 Å². The van der Waals surface area contributed by atoms with Crippen molar-refractivity contribution in [3.05, 3.63) is 24.1 Å². The van der Waals surface area contributed by atoms with Crippen molar-refractivity contribution in [1.82, 2.24) is 9.29 Å². The molecule has 0 saturated heterocycles. The van der Waals surface area contributed by atoms with E-state index in [2.05, 4.69) is 4.98 Å². The summed E-state index contributed by atoms with van der Waals surface area (Å²) in [6, 6.07) is 1.91. The van der Waals surface area contributed by atoms with Crippen molar-refractivity contribution >= 4 is 16.0 Å². The molecule has 112 valence electrons. The van der Waals surface area contributed by atoms with Crippen LogP contribution in [0.15, 0.2) is 23.4 Å². The van der Waals surface area contributed by atoms with E-state index in [1.54, 1.807) is 13.8 Å². The number of carboxylic acid groups (broad SMARTS) is 1. The highest BCUT2D eigenvalue weighted by molar-refractivity contribution is 7.89. The van der Waals surface area contributed by atoms with Gasteiger partial charge >= 0.3 is 5.97 Å². The first-order valence-corrected chi connectivity index (χ1v) is 7.55. The van der Waals surface area contributed by atoms with Crippen molar-refractivity contribution in [2.45, 2.75) is 37.8 Å². The molecule has 0 aliphatic rings. The van der Waals surface area contributed by atoms with Crippen LogP contribution >= 0.6 is 0 Å². The Labute approximate surface area is 117 Å². The van der Waals surface area contributed by atoms with Crippen LogP contribution in [0, 0.1) is 5.82 Å². The zero-order valence-corrected chi connectivity index (χ0v) is 12.1. The van der Waals surface area contributed by atoms with Gasteiger partial charge in [-0.2, -0.15) is 4.31 Å². The molecule has 0 saturated carbocycles. The van der Waals surface area contributed by atoms with Gasteiger partial charge < -0.3 is 5.11 Å². The van der Waals surface area contributed by atoms with Crippen LogP contribution in [0.3, 0.4) is 0 Å². The predicted molar refractivity (Wildman–Crippen MR) is 70.1 cm³/mol. The fourth-order valence-corrected chi connectivity index (χ4v) is 3.37. The lowest BCUT2D eigenvalue weighted by molar-refractivity contribution is -0.137. The molecule has 0 aliphatic heterocycles. The number of carboxylic acids is 1. The number of nitrogens with zero attached hydrogens (tertiary/aromatic N) is 2. The lowest BCUT2D eigenvalue weighted by Gasteiger charge is -2.25. The average molecular weight is 304 g/mol. The van der Waals surface area contributed by atoms with Crippen molar-refractivity contribution < 1.29 is 22.7 Å². The Morgan fingerprint density at radius 1 is 1.50 bits per heavy atom. The molecule has 1 rings (SSSR count). The van der Waals surface area contributed by atoms with Crippen LogP contribution in [0.2, 0.25) is 0 Å². The number of hydrogen-bond donors (Lipinski definition) is 1. The number of aliphatic carboxylic acids is 1. The largest absolute Gasteiger partial charge is 0.481 e. The van der Waals surface area contributed by atoms with E-state index < -0.39 is 32.9 Å². The summed E-state index contributed by atoms with van der Waals surface area (Å²) in [4.78, 5) is 14.1. The van der Waals surface area contributed by atoms with Crippen LogP contribution in [0.5, 0.6) is 0 Å². The molecule has 1 N–H and O–H groups in total. The molecule has 0 atom stereocenters. The number of pyridine rings is 1. The number of halogens is 1. The first kappa shape index (κ1) is 16.5. The average Bonchev–Trinajstić information content (AvgIpc) is 2.33. The fourth-order valence-electron chi connectivity index (χ4n) is 1.71. The molecule has 6 nitrogen and oxygen atoms in total. The van der Waals surface area contributed by atoms with Gasteiger partial charge in [-0.15, -0.1) is 0 Å². The Kier molecular flexibility index (Phi) is 5.58. The Morgan fingerprint density at radius 2 is 2.15 bits per heavy atom. The second-order valence-corrected chi connectivity index (χ2v) is 6.30. The standard InChI is InChI=1S/C12H17FN2O4S/c1-9(2)15(8-4-6-11(16)17)20(18,19)12-10(13)5-3-7-14-12/h3,5,7,9H,4,6,8H2,1-2H3,(H,16,17). The molecule has 0 amide bonds. The van der Waals surface area contributed by atoms with E-state index in [1.807, 2.05) is 0 Å². The smallest absolute Gasteiger partial charge is 0.303 e. The molecule has 0 fully saturated rings. The fraction of sp³-hybridized carbons (Fsp3) is 0.500. The molecule has 1 aromatic heterocycles. The second kappa shape index (κ2) is 6.76. The summed E-state index contributed by atoms with van der Waals surface area (Å²) >= 11 is 0. The highest BCUT2D eigenvalue weighted by atomic mass is 32.2. The normalized spacial score (nSPS) is 12.1. The minimum atomic E-state index is -4.07. The third-order valence-corrected chi connectivity index (χ3v) is 4.63. The van der Waals surface area contributed by atoms with Gasteiger partial charge in [0.2, 0.25) is 5.03 Å². The monoisotopic (exact) mass is 304 g/mol. The highest BCUT2D eigenvalue weighted by Gasteiger charge is 2.30. The molecule has 20 heavy (non-hydrogen) atoms. The van der Waals surface area contributed by atoms with E-state index in [0.29, 0.717) is 0 Å². The van der Waals surface area contributed by atoms with Crippen LogP contribution in [0.1, 0.15) is 26.7 Å².